The Morgan fingerprint density at radius 3 is 2.24 bits per heavy atom. The lowest BCUT2D eigenvalue weighted by Gasteiger charge is -2.21. The monoisotopic (exact) mass is 390 g/mol. The summed E-state index contributed by atoms with van der Waals surface area (Å²) in [5, 5.41) is 0. The Bertz CT molecular complexity index is 588. The molecule has 2 unspecified atom stereocenters. The molecule has 1 aromatic rings. The summed E-state index contributed by atoms with van der Waals surface area (Å²) in [6.45, 7) is 0. The zero-order valence-corrected chi connectivity index (χ0v) is 12.7. The van der Waals surface area contributed by atoms with Gasteiger partial charge in [0.2, 0.25) is 6.10 Å². The molecule has 2 atom stereocenters. The van der Waals surface area contributed by atoms with Gasteiger partial charge in [-0.2, -0.15) is 21.6 Å². The van der Waals surface area contributed by atoms with Crippen molar-refractivity contribution in [3.8, 4) is 0 Å². The fraction of sp³-hybridized carbons (Fsp3) is 0.364. The lowest BCUT2D eigenvalue weighted by Crippen LogP contribution is -2.40. The second kappa shape index (κ2) is 6.75. The van der Waals surface area contributed by atoms with E-state index >= 15 is 0 Å². The van der Waals surface area contributed by atoms with Crippen molar-refractivity contribution in [3.05, 3.63) is 35.9 Å². The van der Waals surface area contributed by atoms with Gasteiger partial charge in [-0.25, -0.2) is 0 Å². The molecule has 0 aliphatic rings. The molecule has 0 radical (unpaired) electrons. The lowest BCUT2D eigenvalue weighted by atomic mass is 10.1. The normalized spacial score (nSPS) is 15.3. The standard InChI is InChI=1S/C11H10BrF3O5S/c12-9(7-4-2-1-3-5-7)10(16)20-8(11(13,14)15)6-21(17,18)19/h1-5,8-9H,6H2,(H,17,18,19). The molecule has 0 aromatic heterocycles. The number of benzene rings is 1. The summed E-state index contributed by atoms with van der Waals surface area (Å²) < 4.78 is 71.6. The summed E-state index contributed by atoms with van der Waals surface area (Å²) in [5.74, 6) is -3.07. The van der Waals surface area contributed by atoms with Gasteiger partial charge in [0.05, 0.1) is 0 Å². The van der Waals surface area contributed by atoms with Gasteiger partial charge in [-0.3, -0.25) is 9.35 Å². The van der Waals surface area contributed by atoms with Gasteiger partial charge in [-0.1, -0.05) is 46.3 Å². The number of carbonyl (C=O) groups is 1. The highest BCUT2D eigenvalue weighted by Gasteiger charge is 2.46. The lowest BCUT2D eigenvalue weighted by molar-refractivity contribution is -0.214. The van der Waals surface area contributed by atoms with E-state index < -0.39 is 38.9 Å². The van der Waals surface area contributed by atoms with Gasteiger partial charge in [0, 0.05) is 0 Å². The highest BCUT2D eigenvalue weighted by molar-refractivity contribution is 9.09. The molecular formula is C11H10BrF3O5S. The molecule has 0 saturated heterocycles. The highest BCUT2D eigenvalue weighted by atomic mass is 79.9. The summed E-state index contributed by atoms with van der Waals surface area (Å²) in [6, 6.07) is 7.73. The van der Waals surface area contributed by atoms with E-state index in [1.54, 1.807) is 18.2 Å². The van der Waals surface area contributed by atoms with Crippen LogP contribution in [-0.2, 0) is 19.6 Å². The number of hydrogen-bond donors (Lipinski definition) is 1. The van der Waals surface area contributed by atoms with E-state index in [0.29, 0.717) is 5.56 Å². The average Bonchev–Trinajstić information content (AvgIpc) is 2.35. The number of esters is 1. The van der Waals surface area contributed by atoms with Gasteiger partial charge in [-0.15, -0.1) is 0 Å². The minimum absolute atomic E-state index is 0.343. The number of alkyl halides is 4. The summed E-state index contributed by atoms with van der Waals surface area (Å²) >= 11 is 2.87. The molecule has 0 fully saturated rings. The molecule has 0 saturated carbocycles. The highest BCUT2D eigenvalue weighted by Crippen LogP contribution is 2.29. The van der Waals surface area contributed by atoms with Crippen molar-refractivity contribution in [1.82, 2.24) is 0 Å². The van der Waals surface area contributed by atoms with Crippen LogP contribution in [0.15, 0.2) is 30.3 Å². The Morgan fingerprint density at radius 2 is 1.81 bits per heavy atom. The first-order chi connectivity index (χ1) is 9.50. The SMILES string of the molecule is O=C(OC(CS(=O)(=O)O)C(F)(F)F)C(Br)c1ccccc1. The van der Waals surface area contributed by atoms with Crippen LogP contribution in [0, 0.1) is 0 Å². The van der Waals surface area contributed by atoms with E-state index in [-0.39, 0.29) is 0 Å². The molecular weight excluding hydrogens is 381 g/mol. The molecule has 0 heterocycles. The van der Waals surface area contributed by atoms with Crippen molar-refractivity contribution in [2.24, 2.45) is 0 Å². The van der Waals surface area contributed by atoms with E-state index in [0.717, 1.165) is 0 Å². The first-order valence-corrected chi connectivity index (χ1v) is 7.94. The average molecular weight is 391 g/mol. The topological polar surface area (TPSA) is 80.7 Å². The third-order valence-electron chi connectivity index (χ3n) is 2.28. The maximum Gasteiger partial charge on any atom is 0.426 e. The molecule has 10 heteroatoms. The molecule has 118 valence electrons. The minimum Gasteiger partial charge on any atom is -0.450 e. The fourth-order valence-corrected chi connectivity index (χ4v) is 2.40. The summed E-state index contributed by atoms with van der Waals surface area (Å²) in [5.41, 5.74) is 0.343. The van der Waals surface area contributed by atoms with E-state index in [1.165, 1.54) is 12.1 Å². The maximum absolute atomic E-state index is 12.6. The van der Waals surface area contributed by atoms with Crippen molar-refractivity contribution in [2.75, 3.05) is 5.75 Å². The Kier molecular flexibility index (Phi) is 5.76. The first-order valence-electron chi connectivity index (χ1n) is 5.42. The van der Waals surface area contributed by atoms with Gasteiger partial charge in [0.15, 0.2) is 0 Å². The van der Waals surface area contributed by atoms with Gasteiger partial charge in [0.25, 0.3) is 10.1 Å². The van der Waals surface area contributed by atoms with Crippen LogP contribution >= 0.6 is 15.9 Å². The Balaban J connectivity index is 2.86. The van der Waals surface area contributed by atoms with Crippen LogP contribution < -0.4 is 0 Å². The van der Waals surface area contributed by atoms with Gasteiger partial charge in [0.1, 0.15) is 10.6 Å². The van der Waals surface area contributed by atoms with E-state index in [4.69, 9.17) is 4.55 Å². The third-order valence-corrected chi connectivity index (χ3v) is 3.91. The minimum atomic E-state index is -5.12. The van der Waals surface area contributed by atoms with E-state index in [1.807, 2.05) is 0 Å². The van der Waals surface area contributed by atoms with E-state index in [2.05, 4.69) is 20.7 Å². The fourth-order valence-electron chi connectivity index (χ4n) is 1.34. The molecule has 0 bridgehead atoms. The summed E-state index contributed by atoms with van der Waals surface area (Å²) in [6.07, 6.45) is -8.06. The number of carbonyl (C=O) groups excluding carboxylic acids is 1. The Morgan fingerprint density at radius 1 is 1.29 bits per heavy atom. The van der Waals surface area contributed by atoms with Crippen molar-refractivity contribution >= 4 is 32.0 Å². The smallest absolute Gasteiger partial charge is 0.426 e. The second-order valence-electron chi connectivity index (χ2n) is 3.99. The number of ether oxygens (including phenoxy) is 1. The van der Waals surface area contributed by atoms with Crippen LogP contribution in [0.1, 0.15) is 10.4 Å². The third kappa shape index (κ3) is 6.02. The predicted octanol–water partition coefficient (Wildman–Crippen LogP) is 2.48. The number of halogens is 4. The molecule has 0 aliphatic carbocycles. The summed E-state index contributed by atoms with van der Waals surface area (Å²) in [7, 11) is -4.95. The Hall–Kier alpha value is -1.13. The van der Waals surface area contributed by atoms with Gasteiger partial charge >= 0.3 is 12.1 Å². The molecule has 21 heavy (non-hydrogen) atoms. The van der Waals surface area contributed by atoms with Crippen LogP contribution in [0.4, 0.5) is 13.2 Å². The zero-order chi connectivity index (χ0) is 16.3. The van der Waals surface area contributed by atoms with E-state index in [9.17, 15) is 26.4 Å². The molecule has 0 amide bonds. The van der Waals surface area contributed by atoms with Gasteiger partial charge in [-0.05, 0) is 5.56 Å². The molecule has 0 spiro atoms. The van der Waals surface area contributed by atoms with Crippen LogP contribution in [0.25, 0.3) is 0 Å². The first kappa shape index (κ1) is 17.9. The quantitative estimate of drug-likeness (QED) is 0.474. The molecule has 1 N–H and O–H groups in total. The van der Waals surface area contributed by atoms with Crippen LogP contribution in [0.5, 0.6) is 0 Å². The van der Waals surface area contributed by atoms with Crippen molar-refractivity contribution in [1.29, 1.82) is 0 Å². The van der Waals surface area contributed by atoms with Crippen LogP contribution in [-0.4, -0.2) is 37.0 Å². The van der Waals surface area contributed by atoms with Crippen molar-refractivity contribution in [3.63, 3.8) is 0 Å². The molecule has 5 nitrogen and oxygen atoms in total. The van der Waals surface area contributed by atoms with Crippen LogP contribution in [0.2, 0.25) is 0 Å². The van der Waals surface area contributed by atoms with Crippen LogP contribution in [0.3, 0.4) is 0 Å². The maximum atomic E-state index is 12.6. The van der Waals surface area contributed by atoms with Crippen molar-refractivity contribution < 1.29 is 35.7 Å². The number of hydrogen-bond acceptors (Lipinski definition) is 4. The largest absolute Gasteiger partial charge is 0.450 e. The molecule has 1 rings (SSSR count). The molecule has 1 aromatic carbocycles. The zero-order valence-electron chi connectivity index (χ0n) is 10.2. The predicted molar refractivity (Wildman–Crippen MR) is 70.5 cm³/mol. The Labute approximate surface area is 127 Å². The molecule has 0 aliphatic heterocycles. The van der Waals surface area contributed by atoms with Gasteiger partial charge < -0.3 is 4.74 Å². The summed E-state index contributed by atoms with van der Waals surface area (Å²) in [4.78, 5) is 10.5. The second-order valence-corrected chi connectivity index (χ2v) is 6.40. The number of rotatable bonds is 5. The van der Waals surface area contributed by atoms with Crippen molar-refractivity contribution in [2.45, 2.75) is 17.1 Å².